The summed E-state index contributed by atoms with van der Waals surface area (Å²) in [6.07, 6.45) is 0. The minimum atomic E-state index is -0.902. The van der Waals surface area contributed by atoms with E-state index in [0.29, 0.717) is 0 Å². The third-order valence-corrected chi connectivity index (χ3v) is 1.71. The van der Waals surface area contributed by atoms with Crippen LogP contribution in [0.4, 0.5) is 4.79 Å². The van der Waals surface area contributed by atoms with Gasteiger partial charge < -0.3 is 15.6 Å². The standard InChI is InChI=1S/C8H17N3O4/c1-5(7(13)11-8(9)14)10-6(3-12)4-15-2/h5-6,10,12H,3-4H2,1-2H3,(H3,9,11,13,14). The number of methoxy groups -OCH3 is 1. The van der Waals surface area contributed by atoms with Gasteiger partial charge >= 0.3 is 6.03 Å². The van der Waals surface area contributed by atoms with Gasteiger partial charge in [0.15, 0.2) is 0 Å². The van der Waals surface area contributed by atoms with Crippen molar-refractivity contribution in [2.45, 2.75) is 19.0 Å². The predicted molar refractivity (Wildman–Crippen MR) is 53.1 cm³/mol. The topological polar surface area (TPSA) is 114 Å². The Hall–Kier alpha value is -1.18. The molecule has 0 aromatic heterocycles. The van der Waals surface area contributed by atoms with Gasteiger partial charge in [-0.15, -0.1) is 0 Å². The summed E-state index contributed by atoms with van der Waals surface area (Å²) in [5, 5.41) is 13.6. The van der Waals surface area contributed by atoms with Gasteiger partial charge in [0.1, 0.15) is 0 Å². The fourth-order valence-electron chi connectivity index (χ4n) is 1.01. The van der Waals surface area contributed by atoms with Gasteiger partial charge in [0.2, 0.25) is 5.91 Å². The number of hydrogen-bond acceptors (Lipinski definition) is 5. The Morgan fingerprint density at radius 2 is 2.13 bits per heavy atom. The number of imide groups is 1. The first-order valence-corrected chi connectivity index (χ1v) is 4.47. The zero-order valence-electron chi connectivity index (χ0n) is 8.82. The molecule has 15 heavy (non-hydrogen) atoms. The molecule has 0 aromatic rings. The molecule has 0 bridgehead atoms. The van der Waals surface area contributed by atoms with Crippen LogP contribution in [0.15, 0.2) is 0 Å². The molecule has 0 heterocycles. The summed E-state index contributed by atoms with van der Waals surface area (Å²) in [6.45, 7) is 1.66. The van der Waals surface area contributed by atoms with Gasteiger partial charge in [-0.25, -0.2) is 4.79 Å². The highest BCUT2D eigenvalue weighted by Gasteiger charge is 2.18. The Morgan fingerprint density at radius 3 is 2.53 bits per heavy atom. The molecule has 5 N–H and O–H groups in total. The van der Waals surface area contributed by atoms with Crippen molar-refractivity contribution in [1.29, 1.82) is 0 Å². The van der Waals surface area contributed by atoms with Crippen molar-refractivity contribution in [1.82, 2.24) is 10.6 Å². The molecule has 3 amide bonds. The first-order valence-electron chi connectivity index (χ1n) is 4.47. The average molecular weight is 219 g/mol. The summed E-state index contributed by atoms with van der Waals surface area (Å²) in [4.78, 5) is 21.6. The second-order valence-electron chi connectivity index (χ2n) is 3.08. The van der Waals surface area contributed by atoms with Crippen molar-refractivity contribution in [3.63, 3.8) is 0 Å². The number of carbonyl (C=O) groups excluding carboxylic acids is 2. The van der Waals surface area contributed by atoms with Crippen LogP contribution in [0.5, 0.6) is 0 Å². The van der Waals surface area contributed by atoms with Crippen LogP contribution in [0, 0.1) is 0 Å². The Morgan fingerprint density at radius 1 is 1.53 bits per heavy atom. The largest absolute Gasteiger partial charge is 0.395 e. The van der Waals surface area contributed by atoms with Gasteiger partial charge in [-0.05, 0) is 6.92 Å². The fraction of sp³-hybridized carbons (Fsp3) is 0.750. The van der Waals surface area contributed by atoms with E-state index in [1.165, 1.54) is 7.11 Å². The number of nitrogens with two attached hydrogens (primary N) is 1. The second-order valence-corrected chi connectivity index (χ2v) is 3.08. The maximum Gasteiger partial charge on any atom is 0.318 e. The maximum atomic E-state index is 11.2. The maximum absolute atomic E-state index is 11.2. The van der Waals surface area contributed by atoms with E-state index in [9.17, 15) is 9.59 Å². The number of nitrogens with one attached hydrogen (secondary N) is 2. The van der Waals surface area contributed by atoms with E-state index < -0.39 is 18.0 Å². The van der Waals surface area contributed by atoms with Crippen LogP contribution in [-0.4, -0.2) is 49.5 Å². The van der Waals surface area contributed by atoms with Crippen molar-refractivity contribution in [3.05, 3.63) is 0 Å². The Labute approximate surface area is 88.0 Å². The summed E-state index contributed by atoms with van der Waals surface area (Å²) in [6, 6.07) is -1.89. The normalized spacial score (nSPS) is 14.3. The number of ether oxygens (including phenoxy) is 1. The molecule has 0 aromatic carbocycles. The minimum Gasteiger partial charge on any atom is -0.395 e. The fourth-order valence-corrected chi connectivity index (χ4v) is 1.01. The summed E-state index contributed by atoms with van der Waals surface area (Å²) in [7, 11) is 1.48. The van der Waals surface area contributed by atoms with Crippen LogP contribution >= 0.6 is 0 Å². The number of primary amides is 1. The highest BCUT2D eigenvalue weighted by molar-refractivity contribution is 5.96. The molecule has 0 saturated heterocycles. The van der Waals surface area contributed by atoms with Gasteiger partial charge in [-0.3, -0.25) is 15.4 Å². The van der Waals surface area contributed by atoms with Crippen LogP contribution in [-0.2, 0) is 9.53 Å². The lowest BCUT2D eigenvalue weighted by Gasteiger charge is -2.19. The van der Waals surface area contributed by atoms with E-state index in [2.05, 4.69) is 5.32 Å². The smallest absolute Gasteiger partial charge is 0.318 e. The molecule has 0 rings (SSSR count). The lowest BCUT2D eigenvalue weighted by molar-refractivity contribution is -0.121. The lowest BCUT2D eigenvalue weighted by atomic mass is 10.2. The molecule has 7 nitrogen and oxygen atoms in total. The van der Waals surface area contributed by atoms with Crippen molar-refractivity contribution in [3.8, 4) is 0 Å². The lowest BCUT2D eigenvalue weighted by Crippen LogP contribution is -2.51. The third kappa shape index (κ3) is 6.00. The highest BCUT2D eigenvalue weighted by atomic mass is 16.5. The van der Waals surface area contributed by atoms with E-state index in [4.69, 9.17) is 15.6 Å². The van der Waals surface area contributed by atoms with Crippen LogP contribution in [0.2, 0.25) is 0 Å². The van der Waals surface area contributed by atoms with Crippen molar-refractivity contribution >= 4 is 11.9 Å². The zero-order chi connectivity index (χ0) is 11.8. The number of urea groups is 1. The molecule has 0 spiro atoms. The highest BCUT2D eigenvalue weighted by Crippen LogP contribution is 1.89. The number of carbonyl (C=O) groups is 2. The molecule has 2 atom stereocenters. The number of aliphatic hydroxyl groups excluding tert-OH is 1. The number of aliphatic hydroxyl groups is 1. The summed E-state index contributed by atoms with van der Waals surface area (Å²) < 4.78 is 4.81. The molecule has 0 aliphatic heterocycles. The molecule has 0 radical (unpaired) electrons. The quantitative estimate of drug-likeness (QED) is 0.419. The molecule has 88 valence electrons. The molecule has 2 unspecified atom stereocenters. The second kappa shape index (κ2) is 7.16. The minimum absolute atomic E-state index is 0.165. The average Bonchev–Trinajstić information content (AvgIpc) is 2.15. The first-order chi connectivity index (χ1) is 7.01. The molecular weight excluding hydrogens is 202 g/mol. The van der Waals surface area contributed by atoms with Gasteiger partial charge in [-0.1, -0.05) is 0 Å². The van der Waals surface area contributed by atoms with E-state index in [-0.39, 0.29) is 19.3 Å². The van der Waals surface area contributed by atoms with E-state index in [1.54, 1.807) is 6.92 Å². The molecular formula is C8H17N3O4. The Bertz CT molecular complexity index is 222. The van der Waals surface area contributed by atoms with Crippen molar-refractivity contribution in [2.24, 2.45) is 5.73 Å². The van der Waals surface area contributed by atoms with Crippen LogP contribution in [0.3, 0.4) is 0 Å². The first kappa shape index (κ1) is 13.8. The van der Waals surface area contributed by atoms with Crippen LogP contribution in [0.25, 0.3) is 0 Å². The third-order valence-electron chi connectivity index (χ3n) is 1.71. The SMILES string of the molecule is COCC(CO)NC(C)C(=O)NC(N)=O. The van der Waals surface area contributed by atoms with Gasteiger partial charge in [-0.2, -0.15) is 0 Å². The van der Waals surface area contributed by atoms with E-state index in [1.807, 2.05) is 5.32 Å². The summed E-state index contributed by atoms with van der Waals surface area (Å²) in [5.74, 6) is -0.544. The van der Waals surface area contributed by atoms with Gasteiger partial charge in [0.25, 0.3) is 0 Å². The van der Waals surface area contributed by atoms with Gasteiger partial charge in [0, 0.05) is 7.11 Å². The number of rotatable bonds is 6. The summed E-state index contributed by atoms with van der Waals surface area (Å²) >= 11 is 0. The van der Waals surface area contributed by atoms with Crippen LogP contribution in [0.1, 0.15) is 6.92 Å². The predicted octanol–water partition coefficient (Wildman–Crippen LogP) is -1.83. The molecule has 0 aliphatic carbocycles. The molecule has 0 aliphatic rings. The van der Waals surface area contributed by atoms with Gasteiger partial charge in [0.05, 0.1) is 25.3 Å². The summed E-state index contributed by atoms with van der Waals surface area (Å²) in [5.41, 5.74) is 4.78. The Kier molecular flexibility index (Phi) is 6.59. The van der Waals surface area contributed by atoms with E-state index in [0.717, 1.165) is 0 Å². The van der Waals surface area contributed by atoms with E-state index >= 15 is 0 Å². The zero-order valence-corrected chi connectivity index (χ0v) is 8.82. The molecule has 0 saturated carbocycles. The monoisotopic (exact) mass is 219 g/mol. The molecule has 0 fully saturated rings. The number of amides is 3. The van der Waals surface area contributed by atoms with Crippen molar-refractivity contribution in [2.75, 3.05) is 20.3 Å². The molecule has 7 heteroatoms. The van der Waals surface area contributed by atoms with Crippen LogP contribution < -0.4 is 16.4 Å². The Balaban J connectivity index is 4.03. The number of hydrogen-bond donors (Lipinski definition) is 4. The van der Waals surface area contributed by atoms with Crippen molar-refractivity contribution < 1.29 is 19.4 Å².